The summed E-state index contributed by atoms with van der Waals surface area (Å²) in [7, 11) is 0. The second-order valence-electron chi connectivity index (χ2n) is 6.35. The Balaban J connectivity index is 2.07. The van der Waals surface area contributed by atoms with Crippen LogP contribution in [-0.2, 0) is 11.2 Å². The van der Waals surface area contributed by atoms with Crippen molar-refractivity contribution in [2.24, 2.45) is 17.6 Å². The van der Waals surface area contributed by atoms with Crippen molar-refractivity contribution < 1.29 is 4.74 Å². The molecular weight excluding hydrogens is 246 g/mol. The predicted molar refractivity (Wildman–Crippen MR) is 84.6 cm³/mol. The topological polar surface area (TPSA) is 35.2 Å². The summed E-state index contributed by atoms with van der Waals surface area (Å²) in [6.45, 7) is 8.80. The van der Waals surface area contributed by atoms with Gasteiger partial charge in [-0.2, -0.15) is 0 Å². The molecule has 5 unspecified atom stereocenters. The third kappa shape index (κ3) is 3.24. The average molecular weight is 275 g/mol. The zero-order valence-electron chi connectivity index (χ0n) is 13.3. The smallest absolute Gasteiger partial charge is 0.0600 e. The molecule has 0 saturated carbocycles. The van der Waals surface area contributed by atoms with Crippen molar-refractivity contribution in [1.29, 1.82) is 0 Å². The van der Waals surface area contributed by atoms with Gasteiger partial charge < -0.3 is 10.5 Å². The Hall–Kier alpha value is -0.860. The molecule has 0 amide bonds. The van der Waals surface area contributed by atoms with Crippen molar-refractivity contribution >= 4 is 0 Å². The van der Waals surface area contributed by atoms with Gasteiger partial charge in [0.15, 0.2) is 0 Å². The monoisotopic (exact) mass is 275 g/mol. The molecule has 1 aromatic rings. The maximum absolute atomic E-state index is 6.51. The molecule has 1 aliphatic rings. The average Bonchev–Trinajstić information content (AvgIpc) is 2.70. The van der Waals surface area contributed by atoms with Crippen LogP contribution in [0.25, 0.3) is 0 Å². The normalized spacial score (nSPS) is 31.4. The summed E-state index contributed by atoms with van der Waals surface area (Å²) in [5.74, 6) is 0.922. The van der Waals surface area contributed by atoms with Crippen LogP contribution in [0.4, 0.5) is 0 Å². The van der Waals surface area contributed by atoms with Crippen LogP contribution < -0.4 is 5.73 Å². The lowest BCUT2D eigenvalue weighted by Gasteiger charge is -2.26. The molecule has 0 spiro atoms. The third-order valence-electron chi connectivity index (χ3n) is 4.92. The Morgan fingerprint density at radius 1 is 1.10 bits per heavy atom. The largest absolute Gasteiger partial charge is 0.375 e. The van der Waals surface area contributed by atoms with E-state index in [0.717, 1.165) is 0 Å². The number of aryl methyl sites for hydroxylation is 1. The Morgan fingerprint density at radius 2 is 1.75 bits per heavy atom. The molecule has 2 heteroatoms. The fourth-order valence-corrected chi connectivity index (χ4v) is 3.42. The molecule has 112 valence electrons. The summed E-state index contributed by atoms with van der Waals surface area (Å²) in [4.78, 5) is 0. The zero-order valence-corrected chi connectivity index (χ0v) is 13.3. The van der Waals surface area contributed by atoms with E-state index in [2.05, 4.69) is 52.0 Å². The summed E-state index contributed by atoms with van der Waals surface area (Å²) in [5, 5.41) is 0. The van der Waals surface area contributed by atoms with Crippen molar-refractivity contribution in [3.63, 3.8) is 0 Å². The molecule has 1 heterocycles. The highest BCUT2D eigenvalue weighted by atomic mass is 16.5. The number of hydrogen-bond donors (Lipinski definition) is 1. The summed E-state index contributed by atoms with van der Waals surface area (Å²) in [6.07, 6.45) is 4.23. The van der Waals surface area contributed by atoms with Crippen molar-refractivity contribution in [1.82, 2.24) is 0 Å². The lowest BCUT2D eigenvalue weighted by atomic mass is 9.81. The Morgan fingerprint density at radius 3 is 2.25 bits per heavy atom. The highest BCUT2D eigenvalue weighted by Crippen LogP contribution is 2.39. The van der Waals surface area contributed by atoms with E-state index in [0.29, 0.717) is 17.9 Å². The standard InChI is InChI=1S/C18H29NO/c1-5-6-7-15-8-10-16(11-9-15)18(19)17-12(2)13(3)20-14(17)4/h8-14,17-18H,5-7,19H2,1-4H3. The van der Waals surface area contributed by atoms with Crippen LogP contribution in [0.3, 0.4) is 0 Å². The summed E-state index contributed by atoms with van der Waals surface area (Å²) < 4.78 is 5.93. The molecule has 1 saturated heterocycles. The minimum atomic E-state index is 0.0742. The van der Waals surface area contributed by atoms with Gasteiger partial charge in [0, 0.05) is 12.0 Å². The number of benzene rings is 1. The molecule has 5 atom stereocenters. The summed E-state index contributed by atoms with van der Waals surface area (Å²) in [5.41, 5.74) is 9.17. The van der Waals surface area contributed by atoms with Crippen LogP contribution in [0.15, 0.2) is 24.3 Å². The SMILES string of the molecule is CCCCc1ccc(C(N)C2C(C)OC(C)C2C)cc1. The number of ether oxygens (including phenoxy) is 1. The van der Waals surface area contributed by atoms with Crippen LogP contribution >= 0.6 is 0 Å². The van der Waals surface area contributed by atoms with E-state index in [9.17, 15) is 0 Å². The maximum atomic E-state index is 6.51. The van der Waals surface area contributed by atoms with Crippen LogP contribution in [-0.4, -0.2) is 12.2 Å². The second kappa shape index (κ2) is 6.73. The molecule has 1 aliphatic heterocycles. The third-order valence-corrected chi connectivity index (χ3v) is 4.92. The van der Waals surface area contributed by atoms with E-state index >= 15 is 0 Å². The summed E-state index contributed by atoms with van der Waals surface area (Å²) in [6, 6.07) is 8.96. The van der Waals surface area contributed by atoms with E-state index in [1.165, 1.54) is 30.4 Å². The van der Waals surface area contributed by atoms with Crippen LogP contribution in [0.5, 0.6) is 0 Å². The summed E-state index contributed by atoms with van der Waals surface area (Å²) >= 11 is 0. The lowest BCUT2D eigenvalue weighted by molar-refractivity contribution is 0.0489. The van der Waals surface area contributed by atoms with E-state index in [-0.39, 0.29) is 12.1 Å². The van der Waals surface area contributed by atoms with E-state index in [1.54, 1.807) is 0 Å². The van der Waals surface area contributed by atoms with Gasteiger partial charge in [0.1, 0.15) is 0 Å². The lowest BCUT2D eigenvalue weighted by Crippen LogP contribution is -2.30. The molecule has 2 nitrogen and oxygen atoms in total. The van der Waals surface area contributed by atoms with Crippen LogP contribution in [0, 0.1) is 11.8 Å². The second-order valence-corrected chi connectivity index (χ2v) is 6.35. The minimum Gasteiger partial charge on any atom is -0.375 e. The quantitative estimate of drug-likeness (QED) is 0.878. The van der Waals surface area contributed by atoms with E-state index in [4.69, 9.17) is 10.5 Å². The first-order valence-corrected chi connectivity index (χ1v) is 8.04. The first-order valence-electron chi connectivity index (χ1n) is 8.04. The molecule has 1 aromatic carbocycles. The molecule has 2 rings (SSSR count). The zero-order chi connectivity index (χ0) is 14.7. The van der Waals surface area contributed by atoms with Crippen molar-refractivity contribution in [2.75, 3.05) is 0 Å². The number of unbranched alkanes of at least 4 members (excludes halogenated alkanes) is 1. The molecule has 20 heavy (non-hydrogen) atoms. The minimum absolute atomic E-state index is 0.0742. The van der Waals surface area contributed by atoms with Crippen molar-refractivity contribution in [3.05, 3.63) is 35.4 Å². The highest BCUT2D eigenvalue weighted by Gasteiger charge is 2.40. The van der Waals surface area contributed by atoms with Crippen LogP contribution in [0.1, 0.15) is 57.7 Å². The van der Waals surface area contributed by atoms with Crippen molar-refractivity contribution in [3.8, 4) is 0 Å². The molecule has 0 radical (unpaired) electrons. The molecule has 2 N–H and O–H groups in total. The molecule has 0 bridgehead atoms. The molecular formula is C18H29NO. The Labute approximate surface area is 123 Å². The Kier molecular flexibility index (Phi) is 5.22. The van der Waals surface area contributed by atoms with Gasteiger partial charge in [-0.05, 0) is 43.7 Å². The van der Waals surface area contributed by atoms with Gasteiger partial charge in [0.2, 0.25) is 0 Å². The van der Waals surface area contributed by atoms with Gasteiger partial charge in [0.05, 0.1) is 12.2 Å². The molecule has 0 aliphatic carbocycles. The first-order chi connectivity index (χ1) is 9.54. The fourth-order valence-electron chi connectivity index (χ4n) is 3.42. The van der Waals surface area contributed by atoms with Gasteiger partial charge in [-0.15, -0.1) is 0 Å². The molecule has 1 fully saturated rings. The number of rotatable bonds is 5. The van der Waals surface area contributed by atoms with Gasteiger partial charge in [-0.25, -0.2) is 0 Å². The maximum Gasteiger partial charge on any atom is 0.0600 e. The van der Waals surface area contributed by atoms with Gasteiger partial charge in [0.25, 0.3) is 0 Å². The number of hydrogen-bond acceptors (Lipinski definition) is 2. The van der Waals surface area contributed by atoms with E-state index < -0.39 is 0 Å². The van der Waals surface area contributed by atoms with Gasteiger partial charge in [-0.1, -0.05) is 44.5 Å². The van der Waals surface area contributed by atoms with Gasteiger partial charge in [-0.3, -0.25) is 0 Å². The molecule has 0 aromatic heterocycles. The Bertz CT molecular complexity index is 414. The first kappa shape index (κ1) is 15.5. The number of nitrogens with two attached hydrogens (primary N) is 1. The van der Waals surface area contributed by atoms with E-state index in [1.807, 2.05) is 0 Å². The highest BCUT2D eigenvalue weighted by molar-refractivity contribution is 5.26. The van der Waals surface area contributed by atoms with Crippen LogP contribution in [0.2, 0.25) is 0 Å². The predicted octanol–water partition coefficient (Wildman–Crippen LogP) is 4.09. The van der Waals surface area contributed by atoms with Gasteiger partial charge >= 0.3 is 0 Å². The van der Waals surface area contributed by atoms with Crippen molar-refractivity contribution in [2.45, 2.75) is 65.2 Å². The fraction of sp³-hybridized carbons (Fsp3) is 0.667.